The Morgan fingerprint density at radius 2 is 1.97 bits per heavy atom. The highest BCUT2D eigenvalue weighted by Gasteiger charge is 2.34. The van der Waals surface area contributed by atoms with E-state index in [9.17, 15) is 9.59 Å². The number of aromatic nitrogens is 1. The van der Waals surface area contributed by atoms with Gasteiger partial charge in [0.1, 0.15) is 12.4 Å². The van der Waals surface area contributed by atoms with E-state index in [1.165, 1.54) is 0 Å². The summed E-state index contributed by atoms with van der Waals surface area (Å²) in [5.41, 5.74) is 3.75. The molecule has 2 aromatic carbocycles. The first-order chi connectivity index (χ1) is 15.7. The number of para-hydroxylation sites is 1. The molecule has 1 saturated carbocycles. The van der Waals surface area contributed by atoms with E-state index >= 15 is 0 Å². The molecule has 0 bridgehead atoms. The zero-order valence-corrected chi connectivity index (χ0v) is 18.2. The predicted octanol–water partition coefficient (Wildman–Crippen LogP) is 4.54. The third kappa shape index (κ3) is 5.22. The number of aryl methyl sites for hydroxylation is 1. The van der Waals surface area contributed by atoms with Gasteiger partial charge >= 0.3 is 5.97 Å². The van der Waals surface area contributed by atoms with Crippen molar-refractivity contribution in [2.45, 2.75) is 38.5 Å². The minimum absolute atomic E-state index is 0.00633. The molecule has 0 unspecified atom stereocenters. The molecule has 1 heterocycles. The summed E-state index contributed by atoms with van der Waals surface area (Å²) >= 11 is 0. The van der Waals surface area contributed by atoms with Crippen LogP contribution in [-0.4, -0.2) is 35.1 Å². The first-order valence-electron chi connectivity index (χ1n) is 11.4. The summed E-state index contributed by atoms with van der Waals surface area (Å²) < 4.78 is 5.00. The van der Waals surface area contributed by atoms with Gasteiger partial charge in [0.15, 0.2) is 0 Å². The SMILES string of the molecule is O=C(OCCO)c1cccc(CCC[C@H]2CCC(=O)[C@@H]2Cc2cccc3cccnc23)c1. The van der Waals surface area contributed by atoms with Gasteiger partial charge in [0, 0.05) is 23.9 Å². The molecule has 1 fully saturated rings. The maximum absolute atomic E-state index is 12.7. The Kier molecular flexibility index (Phi) is 7.28. The van der Waals surface area contributed by atoms with Gasteiger partial charge in [-0.3, -0.25) is 9.78 Å². The number of hydrogen-bond donors (Lipinski definition) is 1. The number of aliphatic hydroxyl groups excluding tert-OH is 1. The summed E-state index contributed by atoms with van der Waals surface area (Å²) in [5.74, 6) is 0.407. The maximum Gasteiger partial charge on any atom is 0.338 e. The van der Waals surface area contributed by atoms with Crippen LogP contribution in [0.1, 0.15) is 47.2 Å². The van der Waals surface area contributed by atoms with Crippen molar-refractivity contribution in [2.75, 3.05) is 13.2 Å². The number of ketones is 1. The number of aliphatic hydroxyl groups is 1. The molecular formula is C27H29NO4. The number of benzene rings is 2. The van der Waals surface area contributed by atoms with E-state index in [1.54, 1.807) is 6.07 Å². The quantitative estimate of drug-likeness (QED) is 0.503. The standard InChI is InChI=1S/C27H29NO4/c29-15-16-32-27(31)23-10-2-6-19(17-23)5-1-7-20-12-13-25(30)24(20)18-22-9-3-8-21-11-4-14-28-26(21)22/h2-4,6,8-11,14,17,20,24,29H,1,5,7,12-13,15-16,18H2/t20-,24+/m0/s1. The van der Waals surface area contributed by atoms with Crippen LogP contribution >= 0.6 is 0 Å². The average Bonchev–Trinajstić information content (AvgIpc) is 3.17. The minimum atomic E-state index is -0.411. The van der Waals surface area contributed by atoms with Crippen molar-refractivity contribution in [3.8, 4) is 0 Å². The van der Waals surface area contributed by atoms with Crippen molar-refractivity contribution in [1.82, 2.24) is 4.98 Å². The molecule has 0 radical (unpaired) electrons. The molecule has 0 spiro atoms. The monoisotopic (exact) mass is 431 g/mol. The maximum atomic E-state index is 12.7. The third-order valence-corrected chi connectivity index (χ3v) is 6.43. The minimum Gasteiger partial charge on any atom is -0.460 e. The van der Waals surface area contributed by atoms with Crippen LogP contribution in [0.5, 0.6) is 0 Å². The summed E-state index contributed by atoms with van der Waals surface area (Å²) in [7, 11) is 0. The van der Waals surface area contributed by atoms with Crippen molar-refractivity contribution >= 4 is 22.7 Å². The number of fused-ring (bicyclic) bond motifs is 1. The van der Waals surface area contributed by atoms with E-state index in [1.807, 2.05) is 36.5 Å². The molecule has 0 aliphatic heterocycles. The van der Waals surface area contributed by atoms with Crippen molar-refractivity contribution in [3.63, 3.8) is 0 Å². The van der Waals surface area contributed by atoms with Gasteiger partial charge in [-0.1, -0.05) is 36.4 Å². The summed E-state index contributed by atoms with van der Waals surface area (Å²) in [4.78, 5) is 29.2. The molecule has 1 aliphatic carbocycles. The Balaban J connectivity index is 1.37. The molecule has 166 valence electrons. The number of ether oxygens (including phenoxy) is 1. The molecule has 4 rings (SSSR count). The normalized spacial score (nSPS) is 18.2. The number of hydrogen-bond acceptors (Lipinski definition) is 5. The number of carbonyl (C=O) groups excluding carboxylic acids is 2. The Hall–Kier alpha value is -3.05. The fourth-order valence-electron chi connectivity index (χ4n) is 4.82. The molecule has 5 nitrogen and oxygen atoms in total. The highest BCUT2D eigenvalue weighted by molar-refractivity contribution is 5.89. The second-order valence-electron chi connectivity index (χ2n) is 8.52. The van der Waals surface area contributed by atoms with Crippen molar-refractivity contribution in [2.24, 2.45) is 11.8 Å². The summed E-state index contributed by atoms with van der Waals surface area (Å²) in [6.07, 6.45) is 7.01. The number of rotatable bonds is 9. The largest absolute Gasteiger partial charge is 0.460 e. The number of carbonyl (C=O) groups is 2. The van der Waals surface area contributed by atoms with Gasteiger partial charge in [-0.15, -0.1) is 0 Å². The fourth-order valence-corrected chi connectivity index (χ4v) is 4.82. The molecule has 1 aromatic heterocycles. The van der Waals surface area contributed by atoms with Crippen LogP contribution in [0, 0.1) is 11.8 Å². The van der Waals surface area contributed by atoms with E-state index in [0.717, 1.165) is 54.1 Å². The van der Waals surface area contributed by atoms with Crippen LogP contribution in [0.25, 0.3) is 10.9 Å². The van der Waals surface area contributed by atoms with Gasteiger partial charge in [0.25, 0.3) is 0 Å². The number of pyridine rings is 1. The van der Waals surface area contributed by atoms with Crippen LogP contribution in [0.4, 0.5) is 0 Å². The zero-order valence-electron chi connectivity index (χ0n) is 18.2. The molecule has 0 saturated heterocycles. The number of nitrogens with zero attached hydrogens (tertiary/aromatic N) is 1. The van der Waals surface area contributed by atoms with Gasteiger partial charge in [-0.05, 0) is 67.3 Å². The van der Waals surface area contributed by atoms with Gasteiger partial charge < -0.3 is 9.84 Å². The lowest BCUT2D eigenvalue weighted by Gasteiger charge is -2.19. The van der Waals surface area contributed by atoms with Crippen molar-refractivity contribution < 1.29 is 19.4 Å². The topological polar surface area (TPSA) is 76.5 Å². The van der Waals surface area contributed by atoms with Crippen LogP contribution in [0.15, 0.2) is 60.8 Å². The Labute approximate surface area is 188 Å². The molecule has 0 amide bonds. The highest BCUT2D eigenvalue weighted by atomic mass is 16.5. The van der Waals surface area contributed by atoms with Crippen LogP contribution in [0.3, 0.4) is 0 Å². The lowest BCUT2D eigenvalue weighted by Crippen LogP contribution is -2.18. The van der Waals surface area contributed by atoms with E-state index in [-0.39, 0.29) is 19.1 Å². The van der Waals surface area contributed by atoms with Crippen molar-refractivity contribution in [3.05, 3.63) is 77.5 Å². The first kappa shape index (κ1) is 22.2. The second kappa shape index (κ2) is 10.5. The summed E-state index contributed by atoms with van der Waals surface area (Å²) in [6, 6.07) is 17.7. The Morgan fingerprint density at radius 3 is 2.84 bits per heavy atom. The van der Waals surface area contributed by atoms with E-state index in [2.05, 4.69) is 23.2 Å². The Bertz CT molecular complexity index is 1090. The van der Waals surface area contributed by atoms with E-state index in [0.29, 0.717) is 23.7 Å². The van der Waals surface area contributed by atoms with Gasteiger partial charge in [0.05, 0.1) is 17.7 Å². The second-order valence-corrected chi connectivity index (χ2v) is 8.52. The van der Waals surface area contributed by atoms with Crippen molar-refractivity contribution in [1.29, 1.82) is 0 Å². The average molecular weight is 432 g/mol. The lowest BCUT2D eigenvalue weighted by atomic mass is 9.85. The lowest BCUT2D eigenvalue weighted by molar-refractivity contribution is -0.121. The third-order valence-electron chi connectivity index (χ3n) is 6.43. The molecule has 1 N–H and O–H groups in total. The number of Topliss-reactive ketones (excluding diaryl/α,β-unsaturated/α-hetero) is 1. The number of esters is 1. The van der Waals surface area contributed by atoms with E-state index in [4.69, 9.17) is 9.84 Å². The van der Waals surface area contributed by atoms with Gasteiger partial charge in [0.2, 0.25) is 0 Å². The zero-order chi connectivity index (χ0) is 22.3. The summed E-state index contributed by atoms with van der Waals surface area (Å²) in [5, 5.41) is 9.93. The van der Waals surface area contributed by atoms with Crippen LogP contribution in [0.2, 0.25) is 0 Å². The van der Waals surface area contributed by atoms with Crippen LogP contribution < -0.4 is 0 Å². The molecular weight excluding hydrogens is 402 g/mol. The molecule has 1 aliphatic rings. The highest BCUT2D eigenvalue weighted by Crippen LogP contribution is 2.36. The summed E-state index contributed by atoms with van der Waals surface area (Å²) in [6.45, 7) is -0.173. The fraction of sp³-hybridized carbons (Fsp3) is 0.370. The molecule has 3 aromatic rings. The molecule has 32 heavy (non-hydrogen) atoms. The van der Waals surface area contributed by atoms with Gasteiger partial charge in [-0.25, -0.2) is 4.79 Å². The first-order valence-corrected chi connectivity index (χ1v) is 11.4. The predicted molar refractivity (Wildman–Crippen MR) is 123 cm³/mol. The van der Waals surface area contributed by atoms with E-state index < -0.39 is 5.97 Å². The Morgan fingerprint density at radius 1 is 1.12 bits per heavy atom. The van der Waals surface area contributed by atoms with Gasteiger partial charge in [-0.2, -0.15) is 0 Å². The smallest absolute Gasteiger partial charge is 0.338 e. The molecule has 5 heteroatoms. The van der Waals surface area contributed by atoms with Crippen LogP contribution in [-0.2, 0) is 22.4 Å². The molecule has 2 atom stereocenters.